The SMILES string of the molecule is COc1ccc(OC)c(C2C(C#N)=C(C)NC(C)=C2C#N)c1. The first-order valence-electron chi connectivity index (χ1n) is 6.78. The lowest BCUT2D eigenvalue weighted by atomic mass is 9.81. The van der Waals surface area contributed by atoms with Gasteiger partial charge >= 0.3 is 0 Å². The van der Waals surface area contributed by atoms with Crippen molar-refractivity contribution in [3.8, 4) is 23.6 Å². The fourth-order valence-corrected chi connectivity index (χ4v) is 2.67. The van der Waals surface area contributed by atoms with E-state index in [1.54, 1.807) is 26.4 Å². The molecule has 1 N–H and O–H groups in total. The first-order valence-corrected chi connectivity index (χ1v) is 6.78. The highest BCUT2D eigenvalue weighted by Crippen LogP contribution is 2.42. The first-order chi connectivity index (χ1) is 10.6. The van der Waals surface area contributed by atoms with Crippen molar-refractivity contribution >= 4 is 0 Å². The van der Waals surface area contributed by atoms with Crippen molar-refractivity contribution in [3.05, 3.63) is 46.3 Å². The van der Waals surface area contributed by atoms with Gasteiger partial charge in [-0.05, 0) is 32.0 Å². The van der Waals surface area contributed by atoms with Crippen molar-refractivity contribution in [1.29, 1.82) is 10.5 Å². The van der Waals surface area contributed by atoms with Crippen molar-refractivity contribution in [1.82, 2.24) is 5.32 Å². The molecule has 1 aliphatic heterocycles. The predicted octanol–water partition coefficient (Wildman–Crippen LogP) is 2.99. The molecule has 0 fully saturated rings. The quantitative estimate of drug-likeness (QED) is 0.927. The number of nitriles is 2. The topological polar surface area (TPSA) is 78.1 Å². The van der Waals surface area contributed by atoms with Gasteiger partial charge in [0.15, 0.2) is 0 Å². The van der Waals surface area contributed by atoms with E-state index in [1.807, 2.05) is 19.9 Å². The molecule has 0 atom stereocenters. The van der Waals surface area contributed by atoms with Gasteiger partial charge in [-0.25, -0.2) is 0 Å². The van der Waals surface area contributed by atoms with Crippen molar-refractivity contribution in [2.45, 2.75) is 19.8 Å². The number of hydrogen-bond acceptors (Lipinski definition) is 5. The minimum absolute atomic E-state index is 0.457. The zero-order valence-electron chi connectivity index (χ0n) is 13.0. The molecule has 0 saturated heterocycles. The fourth-order valence-electron chi connectivity index (χ4n) is 2.67. The van der Waals surface area contributed by atoms with Gasteiger partial charge < -0.3 is 14.8 Å². The summed E-state index contributed by atoms with van der Waals surface area (Å²) < 4.78 is 10.7. The molecule has 0 spiro atoms. The van der Waals surface area contributed by atoms with Crippen molar-refractivity contribution in [2.24, 2.45) is 0 Å². The highest BCUT2D eigenvalue weighted by atomic mass is 16.5. The molecule has 0 unspecified atom stereocenters. The van der Waals surface area contributed by atoms with E-state index in [9.17, 15) is 10.5 Å². The van der Waals surface area contributed by atoms with Crippen LogP contribution >= 0.6 is 0 Å². The normalized spacial score (nSPS) is 15.0. The Morgan fingerprint density at radius 1 is 1.00 bits per heavy atom. The Morgan fingerprint density at radius 2 is 1.59 bits per heavy atom. The highest BCUT2D eigenvalue weighted by Gasteiger charge is 2.31. The number of rotatable bonds is 3. The number of nitrogens with zero attached hydrogens (tertiary/aromatic N) is 2. The molecule has 0 saturated carbocycles. The monoisotopic (exact) mass is 295 g/mol. The summed E-state index contributed by atoms with van der Waals surface area (Å²) in [5.74, 6) is 0.814. The van der Waals surface area contributed by atoms with Gasteiger partial charge in [0.2, 0.25) is 0 Å². The summed E-state index contributed by atoms with van der Waals surface area (Å²) in [7, 11) is 3.14. The largest absolute Gasteiger partial charge is 0.497 e. The molecule has 0 bridgehead atoms. The van der Waals surface area contributed by atoms with Crippen LogP contribution in [0.3, 0.4) is 0 Å². The molecule has 2 rings (SSSR count). The number of benzene rings is 1. The second-order valence-corrected chi connectivity index (χ2v) is 4.97. The molecule has 1 heterocycles. The van der Waals surface area contributed by atoms with Gasteiger partial charge in [-0.2, -0.15) is 10.5 Å². The molecule has 1 aromatic carbocycles. The molecular weight excluding hydrogens is 278 g/mol. The summed E-state index contributed by atoms with van der Waals surface area (Å²) in [4.78, 5) is 0. The minimum atomic E-state index is -0.457. The van der Waals surface area contributed by atoms with Crippen LogP contribution in [-0.4, -0.2) is 14.2 Å². The summed E-state index contributed by atoms with van der Waals surface area (Å²) in [6.45, 7) is 3.66. The van der Waals surface area contributed by atoms with Gasteiger partial charge in [-0.3, -0.25) is 0 Å². The molecule has 1 aromatic rings. The zero-order chi connectivity index (χ0) is 16.3. The van der Waals surface area contributed by atoms with Crippen LogP contribution in [0.15, 0.2) is 40.7 Å². The lowest BCUT2D eigenvalue weighted by Gasteiger charge is -2.27. The molecule has 5 nitrogen and oxygen atoms in total. The van der Waals surface area contributed by atoms with Crippen LogP contribution < -0.4 is 14.8 Å². The third-order valence-corrected chi connectivity index (χ3v) is 3.75. The lowest BCUT2D eigenvalue weighted by molar-refractivity contribution is 0.398. The van der Waals surface area contributed by atoms with Gasteiger partial charge in [0.1, 0.15) is 11.5 Å². The third kappa shape index (κ3) is 2.49. The maximum Gasteiger partial charge on any atom is 0.123 e. The van der Waals surface area contributed by atoms with Gasteiger partial charge in [-0.1, -0.05) is 0 Å². The molecular formula is C17H17N3O2. The van der Waals surface area contributed by atoms with Crippen LogP contribution in [0.25, 0.3) is 0 Å². The summed E-state index contributed by atoms with van der Waals surface area (Å²) in [5.41, 5.74) is 3.25. The molecule has 0 aliphatic carbocycles. The fraction of sp³-hybridized carbons (Fsp3) is 0.294. The van der Waals surface area contributed by atoms with E-state index in [4.69, 9.17) is 9.47 Å². The minimum Gasteiger partial charge on any atom is -0.497 e. The number of hydrogen-bond donors (Lipinski definition) is 1. The summed E-state index contributed by atoms with van der Waals surface area (Å²) in [6.07, 6.45) is 0. The van der Waals surface area contributed by atoms with Gasteiger partial charge in [0, 0.05) is 17.0 Å². The van der Waals surface area contributed by atoms with Crippen molar-refractivity contribution in [3.63, 3.8) is 0 Å². The smallest absolute Gasteiger partial charge is 0.123 e. The van der Waals surface area contributed by atoms with E-state index in [1.165, 1.54) is 0 Å². The Kier molecular flexibility index (Phi) is 4.39. The second kappa shape index (κ2) is 6.24. The number of dihydropyridines is 1. The first kappa shape index (κ1) is 15.5. The van der Waals surface area contributed by atoms with Crippen LogP contribution in [0.4, 0.5) is 0 Å². The summed E-state index contributed by atoms with van der Waals surface area (Å²) in [6, 6.07) is 9.80. The average Bonchev–Trinajstić information content (AvgIpc) is 2.53. The molecule has 0 aromatic heterocycles. The summed E-state index contributed by atoms with van der Waals surface area (Å²) >= 11 is 0. The van der Waals surface area contributed by atoms with Crippen LogP contribution in [0.2, 0.25) is 0 Å². The highest BCUT2D eigenvalue weighted by molar-refractivity contribution is 5.59. The van der Waals surface area contributed by atoms with Crippen LogP contribution in [0, 0.1) is 22.7 Å². The van der Waals surface area contributed by atoms with E-state index in [0.717, 1.165) is 17.0 Å². The third-order valence-electron chi connectivity index (χ3n) is 3.75. The van der Waals surface area contributed by atoms with Gasteiger partial charge in [0.05, 0.1) is 43.4 Å². The zero-order valence-corrected chi connectivity index (χ0v) is 13.0. The van der Waals surface area contributed by atoms with Crippen molar-refractivity contribution < 1.29 is 9.47 Å². The molecule has 1 aliphatic rings. The van der Waals surface area contributed by atoms with E-state index in [-0.39, 0.29) is 0 Å². The van der Waals surface area contributed by atoms with Gasteiger partial charge in [0.25, 0.3) is 0 Å². The average molecular weight is 295 g/mol. The van der Waals surface area contributed by atoms with E-state index in [2.05, 4.69) is 17.5 Å². The molecule has 5 heteroatoms. The Hall–Kier alpha value is -2.92. The number of methoxy groups -OCH3 is 2. The summed E-state index contributed by atoms with van der Waals surface area (Å²) in [5, 5.41) is 22.2. The maximum atomic E-state index is 9.53. The van der Waals surface area contributed by atoms with Crippen LogP contribution in [-0.2, 0) is 0 Å². The Morgan fingerprint density at radius 3 is 2.05 bits per heavy atom. The van der Waals surface area contributed by atoms with Gasteiger partial charge in [-0.15, -0.1) is 0 Å². The molecule has 112 valence electrons. The Balaban J connectivity index is 2.73. The standard InChI is InChI=1S/C17H17N3O2/c1-10-14(8-18)17(15(9-19)11(2)20-10)13-7-12(21-3)5-6-16(13)22-4/h5-7,17,20H,1-4H3. The molecule has 22 heavy (non-hydrogen) atoms. The molecule has 0 amide bonds. The van der Waals surface area contributed by atoms with E-state index in [0.29, 0.717) is 22.6 Å². The number of allylic oxidation sites excluding steroid dienone is 4. The van der Waals surface area contributed by atoms with E-state index < -0.39 is 5.92 Å². The molecule has 0 radical (unpaired) electrons. The number of nitrogens with one attached hydrogen (secondary N) is 1. The Labute approximate surface area is 130 Å². The van der Waals surface area contributed by atoms with Crippen LogP contribution in [0.1, 0.15) is 25.3 Å². The lowest BCUT2D eigenvalue weighted by Crippen LogP contribution is -2.23. The maximum absolute atomic E-state index is 9.53. The second-order valence-electron chi connectivity index (χ2n) is 4.97. The predicted molar refractivity (Wildman–Crippen MR) is 82.0 cm³/mol. The number of ether oxygens (including phenoxy) is 2. The van der Waals surface area contributed by atoms with E-state index >= 15 is 0 Å². The Bertz CT molecular complexity index is 712. The van der Waals surface area contributed by atoms with Crippen LogP contribution in [0.5, 0.6) is 11.5 Å². The van der Waals surface area contributed by atoms with Crippen molar-refractivity contribution in [2.75, 3.05) is 14.2 Å².